The van der Waals surface area contributed by atoms with Crippen molar-refractivity contribution >= 4 is 22.5 Å². The summed E-state index contributed by atoms with van der Waals surface area (Å²) < 4.78 is 5.93. The van der Waals surface area contributed by atoms with Gasteiger partial charge in [0.15, 0.2) is 0 Å². The Hall–Kier alpha value is -2.10. The van der Waals surface area contributed by atoms with Crippen LogP contribution in [0.4, 0.5) is 0 Å². The summed E-state index contributed by atoms with van der Waals surface area (Å²) in [7, 11) is 0. The number of ether oxygens (including phenoxy) is 1. The topological polar surface area (TPSA) is 48.1 Å². The molecule has 0 fully saturated rings. The maximum atomic E-state index is 6.18. The molecule has 1 aromatic heterocycles. The van der Waals surface area contributed by atoms with Gasteiger partial charge in [-0.1, -0.05) is 35.9 Å². The molecule has 0 saturated heterocycles. The summed E-state index contributed by atoms with van der Waals surface area (Å²) >= 11 is 6.18. The number of fused-ring (bicyclic) bond motifs is 1. The summed E-state index contributed by atoms with van der Waals surface area (Å²) in [6, 6.07) is 15.5. The van der Waals surface area contributed by atoms with Crippen molar-refractivity contribution in [2.45, 2.75) is 13.2 Å². The molecule has 3 nitrogen and oxygen atoms in total. The van der Waals surface area contributed by atoms with Gasteiger partial charge in [-0.3, -0.25) is 4.98 Å². The lowest BCUT2D eigenvalue weighted by Crippen LogP contribution is -2.04. The molecule has 1 heterocycles. The predicted octanol–water partition coefficient (Wildman–Crippen LogP) is 3.93. The standard InChI is InChI=1S/C17H15ClN2O/c18-15-7-8-16(17-14(15)6-3-9-20-17)21-11-13-5-2-1-4-12(13)10-19/h1-9H,10-11,19H2. The molecule has 0 aliphatic heterocycles. The minimum absolute atomic E-state index is 0.459. The van der Waals surface area contributed by atoms with Gasteiger partial charge >= 0.3 is 0 Å². The Morgan fingerprint density at radius 2 is 1.81 bits per heavy atom. The van der Waals surface area contributed by atoms with Crippen molar-refractivity contribution in [2.75, 3.05) is 0 Å². The zero-order valence-electron chi connectivity index (χ0n) is 11.4. The van der Waals surface area contributed by atoms with Gasteiger partial charge in [0.25, 0.3) is 0 Å². The molecule has 3 rings (SSSR count). The fourth-order valence-electron chi connectivity index (χ4n) is 2.28. The molecule has 0 saturated carbocycles. The van der Waals surface area contributed by atoms with Crippen molar-refractivity contribution in [1.29, 1.82) is 0 Å². The Morgan fingerprint density at radius 3 is 2.62 bits per heavy atom. The molecule has 0 unspecified atom stereocenters. The summed E-state index contributed by atoms with van der Waals surface area (Å²) in [6.07, 6.45) is 1.74. The molecule has 0 amide bonds. The lowest BCUT2D eigenvalue weighted by Gasteiger charge is -2.12. The van der Waals surface area contributed by atoms with E-state index in [1.54, 1.807) is 6.20 Å². The van der Waals surface area contributed by atoms with E-state index in [1.807, 2.05) is 48.5 Å². The Labute approximate surface area is 128 Å². The van der Waals surface area contributed by atoms with Crippen LogP contribution in [0.15, 0.2) is 54.7 Å². The van der Waals surface area contributed by atoms with Gasteiger partial charge in [-0.25, -0.2) is 0 Å². The van der Waals surface area contributed by atoms with E-state index < -0.39 is 0 Å². The van der Waals surface area contributed by atoms with E-state index in [2.05, 4.69) is 4.98 Å². The molecule has 4 heteroatoms. The second-order valence-corrected chi connectivity index (χ2v) is 5.11. The lowest BCUT2D eigenvalue weighted by molar-refractivity contribution is 0.308. The van der Waals surface area contributed by atoms with Crippen molar-refractivity contribution < 1.29 is 4.74 Å². The molecule has 0 aliphatic rings. The molecular weight excluding hydrogens is 284 g/mol. The average Bonchev–Trinajstić information content (AvgIpc) is 2.55. The molecule has 106 valence electrons. The van der Waals surface area contributed by atoms with Gasteiger partial charge in [0.2, 0.25) is 0 Å². The van der Waals surface area contributed by atoms with E-state index in [9.17, 15) is 0 Å². The van der Waals surface area contributed by atoms with Crippen LogP contribution in [0.2, 0.25) is 5.02 Å². The van der Waals surface area contributed by atoms with Crippen LogP contribution in [-0.2, 0) is 13.2 Å². The molecule has 3 aromatic rings. The Bertz CT molecular complexity index is 774. The third-order valence-electron chi connectivity index (χ3n) is 3.40. The van der Waals surface area contributed by atoms with E-state index in [1.165, 1.54) is 0 Å². The van der Waals surface area contributed by atoms with Crippen molar-refractivity contribution in [3.05, 3.63) is 70.9 Å². The van der Waals surface area contributed by atoms with Gasteiger partial charge in [0, 0.05) is 18.1 Å². The summed E-state index contributed by atoms with van der Waals surface area (Å²) in [5.41, 5.74) is 8.69. The highest BCUT2D eigenvalue weighted by Gasteiger charge is 2.08. The van der Waals surface area contributed by atoms with Crippen molar-refractivity contribution in [3.8, 4) is 5.75 Å². The van der Waals surface area contributed by atoms with Crippen molar-refractivity contribution in [3.63, 3.8) is 0 Å². The number of nitrogens with two attached hydrogens (primary N) is 1. The first-order valence-corrected chi connectivity index (χ1v) is 7.10. The third kappa shape index (κ3) is 2.84. The lowest BCUT2D eigenvalue weighted by atomic mass is 10.1. The first-order valence-electron chi connectivity index (χ1n) is 6.72. The molecule has 0 bridgehead atoms. The van der Waals surface area contributed by atoms with Crippen LogP contribution in [0.25, 0.3) is 10.9 Å². The van der Waals surface area contributed by atoms with Crippen LogP contribution in [0.5, 0.6) is 5.75 Å². The highest BCUT2D eigenvalue weighted by molar-refractivity contribution is 6.35. The quantitative estimate of drug-likeness (QED) is 0.794. The van der Waals surface area contributed by atoms with Crippen LogP contribution < -0.4 is 10.5 Å². The maximum absolute atomic E-state index is 6.18. The second-order valence-electron chi connectivity index (χ2n) is 4.71. The first kappa shape index (κ1) is 13.9. The number of hydrogen-bond acceptors (Lipinski definition) is 3. The SMILES string of the molecule is NCc1ccccc1COc1ccc(Cl)c2cccnc12. The fraction of sp³-hybridized carbons (Fsp3) is 0.118. The Balaban J connectivity index is 1.91. The molecule has 2 N–H and O–H groups in total. The number of pyridine rings is 1. The highest BCUT2D eigenvalue weighted by atomic mass is 35.5. The van der Waals surface area contributed by atoms with Crippen molar-refractivity contribution in [1.82, 2.24) is 4.98 Å². The molecule has 0 spiro atoms. The van der Waals surface area contributed by atoms with Crippen LogP contribution in [0.3, 0.4) is 0 Å². The van der Waals surface area contributed by atoms with E-state index >= 15 is 0 Å². The summed E-state index contributed by atoms with van der Waals surface area (Å²) in [6.45, 7) is 0.958. The second kappa shape index (κ2) is 6.12. The third-order valence-corrected chi connectivity index (χ3v) is 3.73. The number of halogens is 1. The number of aromatic nitrogens is 1. The van der Waals surface area contributed by atoms with E-state index in [0.29, 0.717) is 18.2 Å². The molecule has 0 aliphatic carbocycles. The van der Waals surface area contributed by atoms with E-state index in [0.717, 1.165) is 27.8 Å². The van der Waals surface area contributed by atoms with Gasteiger partial charge in [-0.2, -0.15) is 0 Å². The van der Waals surface area contributed by atoms with Gasteiger partial charge in [-0.15, -0.1) is 0 Å². The van der Waals surface area contributed by atoms with Gasteiger partial charge in [0.1, 0.15) is 17.9 Å². The van der Waals surface area contributed by atoms with Crippen LogP contribution in [-0.4, -0.2) is 4.98 Å². The minimum atomic E-state index is 0.459. The molecule has 2 aromatic carbocycles. The monoisotopic (exact) mass is 298 g/mol. The van der Waals surface area contributed by atoms with Crippen LogP contribution >= 0.6 is 11.6 Å². The van der Waals surface area contributed by atoms with Gasteiger partial charge in [-0.05, 0) is 35.4 Å². The Morgan fingerprint density at radius 1 is 1.00 bits per heavy atom. The predicted molar refractivity (Wildman–Crippen MR) is 85.4 cm³/mol. The van der Waals surface area contributed by atoms with Crippen LogP contribution in [0, 0.1) is 0 Å². The minimum Gasteiger partial charge on any atom is -0.487 e. The molecule has 0 atom stereocenters. The summed E-state index contributed by atoms with van der Waals surface area (Å²) in [5, 5.41) is 1.57. The molecule has 21 heavy (non-hydrogen) atoms. The smallest absolute Gasteiger partial charge is 0.146 e. The Kier molecular flexibility index (Phi) is 4.04. The largest absolute Gasteiger partial charge is 0.487 e. The average molecular weight is 299 g/mol. The number of rotatable bonds is 4. The van der Waals surface area contributed by atoms with E-state index in [4.69, 9.17) is 22.1 Å². The van der Waals surface area contributed by atoms with E-state index in [-0.39, 0.29) is 0 Å². The number of hydrogen-bond donors (Lipinski definition) is 1. The van der Waals surface area contributed by atoms with Gasteiger partial charge in [0.05, 0.1) is 5.02 Å². The van der Waals surface area contributed by atoms with Gasteiger partial charge < -0.3 is 10.5 Å². The maximum Gasteiger partial charge on any atom is 0.146 e. The summed E-state index contributed by atoms with van der Waals surface area (Å²) in [5.74, 6) is 0.724. The van der Waals surface area contributed by atoms with Crippen molar-refractivity contribution in [2.24, 2.45) is 5.73 Å². The summed E-state index contributed by atoms with van der Waals surface area (Å²) in [4.78, 5) is 4.36. The molecular formula is C17H15ClN2O. The van der Waals surface area contributed by atoms with Crippen LogP contribution in [0.1, 0.15) is 11.1 Å². The molecule has 0 radical (unpaired) electrons. The first-order chi connectivity index (χ1) is 10.3. The zero-order chi connectivity index (χ0) is 14.7. The highest BCUT2D eigenvalue weighted by Crippen LogP contribution is 2.30. The zero-order valence-corrected chi connectivity index (χ0v) is 12.2. The number of nitrogens with zero attached hydrogens (tertiary/aromatic N) is 1. The number of benzene rings is 2. The fourth-order valence-corrected chi connectivity index (χ4v) is 2.50. The normalized spacial score (nSPS) is 10.8.